The number of aliphatic hydroxyl groups excluding tert-OH is 1. The van der Waals surface area contributed by atoms with Crippen LogP contribution >= 0.6 is 0 Å². The van der Waals surface area contributed by atoms with Crippen molar-refractivity contribution in [3.63, 3.8) is 0 Å². The van der Waals surface area contributed by atoms with Crippen molar-refractivity contribution in [2.75, 3.05) is 13.2 Å². The second-order valence-corrected chi connectivity index (χ2v) is 5.69. The van der Waals surface area contributed by atoms with E-state index in [4.69, 9.17) is 0 Å². The quantitative estimate of drug-likeness (QED) is 0.787. The molecule has 0 bridgehead atoms. The van der Waals surface area contributed by atoms with Gasteiger partial charge in [-0.1, -0.05) is 42.5 Å². The third-order valence-corrected chi connectivity index (χ3v) is 4.28. The zero-order valence-corrected chi connectivity index (χ0v) is 12.6. The fourth-order valence-electron chi connectivity index (χ4n) is 3.08. The number of amides is 1. The van der Waals surface area contributed by atoms with Crippen molar-refractivity contribution >= 4 is 5.91 Å². The van der Waals surface area contributed by atoms with Crippen molar-refractivity contribution in [2.24, 2.45) is 0 Å². The number of carbonyl (C=O) groups is 1. The summed E-state index contributed by atoms with van der Waals surface area (Å²) >= 11 is 0. The zero-order chi connectivity index (χ0) is 16.2. The highest BCUT2D eigenvalue weighted by Gasteiger charge is 2.40. The predicted molar refractivity (Wildman–Crippen MR) is 85.7 cm³/mol. The highest BCUT2D eigenvalue weighted by Crippen LogP contribution is 2.31. The molecule has 1 fully saturated rings. The molecule has 2 aromatic rings. The Balaban J connectivity index is 1.64. The van der Waals surface area contributed by atoms with Gasteiger partial charge in [0.05, 0.1) is 12.2 Å². The first-order chi connectivity index (χ1) is 11.2. The molecule has 0 aliphatic carbocycles. The Bertz CT molecular complexity index is 678. The molecule has 3 atom stereocenters. The summed E-state index contributed by atoms with van der Waals surface area (Å²) in [4.78, 5) is 12.1. The van der Waals surface area contributed by atoms with Crippen LogP contribution in [0.1, 0.15) is 21.8 Å². The summed E-state index contributed by atoms with van der Waals surface area (Å²) in [7, 11) is 0. The first-order valence-corrected chi connectivity index (χ1v) is 7.65. The highest BCUT2D eigenvalue weighted by atomic mass is 19.1. The molecule has 1 aliphatic heterocycles. The lowest BCUT2D eigenvalue weighted by molar-refractivity contribution is 0.0906. The Kier molecular flexibility index (Phi) is 4.69. The van der Waals surface area contributed by atoms with E-state index < -0.39 is 11.7 Å². The average molecular weight is 314 g/mol. The van der Waals surface area contributed by atoms with E-state index in [0.29, 0.717) is 6.54 Å². The van der Waals surface area contributed by atoms with Crippen molar-refractivity contribution in [1.82, 2.24) is 10.6 Å². The maximum atomic E-state index is 13.6. The molecular formula is C18H19FN2O2. The summed E-state index contributed by atoms with van der Waals surface area (Å²) in [5.74, 6) is -0.828. The topological polar surface area (TPSA) is 61.4 Å². The number of hydrogen-bond acceptors (Lipinski definition) is 3. The van der Waals surface area contributed by atoms with Crippen LogP contribution in [0.4, 0.5) is 4.39 Å². The van der Waals surface area contributed by atoms with Gasteiger partial charge in [0.15, 0.2) is 0 Å². The second kappa shape index (κ2) is 6.89. The van der Waals surface area contributed by atoms with Crippen molar-refractivity contribution in [3.8, 4) is 0 Å². The number of aliphatic hydroxyl groups is 1. The molecule has 1 saturated heterocycles. The van der Waals surface area contributed by atoms with Crippen molar-refractivity contribution < 1.29 is 14.3 Å². The Morgan fingerprint density at radius 1 is 1.09 bits per heavy atom. The van der Waals surface area contributed by atoms with Crippen molar-refractivity contribution in [1.29, 1.82) is 0 Å². The fourth-order valence-corrected chi connectivity index (χ4v) is 3.08. The molecule has 0 radical (unpaired) electrons. The minimum atomic E-state index is -0.528. The van der Waals surface area contributed by atoms with Crippen molar-refractivity contribution in [2.45, 2.75) is 18.0 Å². The van der Waals surface area contributed by atoms with Crippen LogP contribution in [-0.2, 0) is 0 Å². The van der Waals surface area contributed by atoms with E-state index in [0.717, 1.165) is 5.56 Å². The molecule has 2 aromatic carbocycles. The maximum absolute atomic E-state index is 13.6. The molecule has 5 heteroatoms. The standard InChI is InChI=1S/C18H19FN2O2/c19-14-9-5-4-8-13(14)18(23)20-10-15-17(16(11-22)21-15)12-6-2-1-3-7-12/h1-9,15-17,21-22H,10-11H2,(H,20,23)/t15-,16-,17+/m1/s1. The van der Waals surface area contributed by atoms with Gasteiger partial charge in [0.2, 0.25) is 0 Å². The van der Waals surface area contributed by atoms with Crippen LogP contribution in [0, 0.1) is 5.82 Å². The Labute approximate surface area is 134 Å². The molecule has 120 valence electrons. The van der Waals surface area contributed by atoms with Gasteiger partial charge in [-0.05, 0) is 17.7 Å². The van der Waals surface area contributed by atoms with E-state index in [9.17, 15) is 14.3 Å². The number of benzene rings is 2. The van der Waals surface area contributed by atoms with Gasteiger partial charge >= 0.3 is 0 Å². The number of nitrogens with one attached hydrogen (secondary N) is 2. The van der Waals surface area contributed by atoms with Crippen molar-refractivity contribution in [3.05, 3.63) is 71.5 Å². The Morgan fingerprint density at radius 2 is 1.78 bits per heavy atom. The summed E-state index contributed by atoms with van der Waals surface area (Å²) in [6.07, 6.45) is 0. The second-order valence-electron chi connectivity index (χ2n) is 5.69. The minimum Gasteiger partial charge on any atom is -0.395 e. The molecule has 0 aromatic heterocycles. The SMILES string of the molecule is O=C(NC[C@H]1N[C@H](CO)[C@H]1c1ccccc1)c1ccccc1F. The van der Waals surface area contributed by atoms with Crippen LogP contribution in [0.2, 0.25) is 0 Å². The summed E-state index contributed by atoms with van der Waals surface area (Å²) in [6.45, 7) is 0.417. The van der Waals surface area contributed by atoms with Crippen LogP contribution in [0.3, 0.4) is 0 Å². The molecule has 1 amide bonds. The van der Waals surface area contributed by atoms with E-state index in [1.165, 1.54) is 12.1 Å². The number of halogens is 1. The fraction of sp³-hybridized carbons (Fsp3) is 0.278. The molecule has 3 rings (SSSR count). The minimum absolute atomic E-state index is 0.0188. The van der Waals surface area contributed by atoms with Gasteiger partial charge in [-0.2, -0.15) is 0 Å². The first kappa shape index (κ1) is 15.6. The summed E-state index contributed by atoms with van der Waals surface area (Å²) in [6, 6.07) is 15.8. The predicted octanol–water partition coefficient (Wildman–Crippen LogP) is 1.67. The maximum Gasteiger partial charge on any atom is 0.254 e. The molecule has 1 heterocycles. The molecular weight excluding hydrogens is 295 g/mol. The Hall–Kier alpha value is -2.24. The van der Waals surface area contributed by atoms with Gasteiger partial charge in [0.25, 0.3) is 5.91 Å². The molecule has 4 nitrogen and oxygen atoms in total. The van der Waals surface area contributed by atoms with E-state index in [2.05, 4.69) is 10.6 Å². The number of hydrogen-bond donors (Lipinski definition) is 3. The number of carbonyl (C=O) groups excluding carboxylic acids is 1. The lowest BCUT2D eigenvalue weighted by Crippen LogP contribution is -2.64. The smallest absolute Gasteiger partial charge is 0.254 e. The molecule has 0 unspecified atom stereocenters. The Morgan fingerprint density at radius 3 is 2.48 bits per heavy atom. The van der Waals surface area contributed by atoms with Gasteiger partial charge in [-0.25, -0.2) is 4.39 Å². The molecule has 0 saturated carbocycles. The van der Waals surface area contributed by atoms with E-state index in [-0.39, 0.29) is 30.2 Å². The van der Waals surface area contributed by atoms with E-state index in [1.807, 2.05) is 30.3 Å². The van der Waals surface area contributed by atoms with Gasteiger partial charge in [-0.3, -0.25) is 4.79 Å². The van der Waals surface area contributed by atoms with Crippen LogP contribution in [-0.4, -0.2) is 36.2 Å². The van der Waals surface area contributed by atoms with Crippen LogP contribution in [0.15, 0.2) is 54.6 Å². The molecule has 0 spiro atoms. The van der Waals surface area contributed by atoms with Crippen LogP contribution in [0.5, 0.6) is 0 Å². The summed E-state index contributed by atoms with van der Waals surface area (Å²) < 4.78 is 13.6. The molecule has 3 N–H and O–H groups in total. The van der Waals surface area contributed by atoms with E-state index >= 15 is 0 Å². The van der Waals surface area contributed by atoms with Gasteiger partial charge in [0.1, 0.15) is 5.82 Å². The third kappa shape index (κ3) is 3.25. The van der Waals surface area contributed by atoms with Crippen LogP contribution < -0.4 is 10.6 Å². The summed E-state index contributed by atoms with van der Waals surface area (Å²) in [5, 5.41) is 15.4. The van der Waals surface area contributed by atoms with Gasteiger partial charge in [-0.15, -0.1) is 0 Å². The highest BCUT2D eigenvalue weighted by molar-refractivity contribution is 5.94. The van der Waals surface area contributed by atoms with E-state index in [1.54, 1.807) is 12.1 Å². The number of rotatable bonds is 5. The monoisotopic (exact) mass is 314 g/mol. The normalized spacial score (nSPS) is 23.1. The first-order valence-electron chi connectivity index (χ1n) is 7.65. The van der Waals surface area contributed by atoms with Crippen LogP contribution in [0.25, 0.3) is 0 Å². The molecule has 1 aliphatic rings. The largest absolute Gasteiger partial charge is 0.395 e. The zero-order valence-electron chi connectivity index (χ0n) is 12.6. The lowest BCUT2D eigenvalue weighted by atomic mass is 9.77. The summed E-state index contributed by atoms with van der Waals surface area (Å²) in [5.41, 5.74) is 1.16. The lowest BCUT2D eigenvalue weighted by Gasteiger charge is -2.46. The van der Waals surface area contributed by atoms with Gasteiger partial charge < -0.3 is 15.7 Å². The molecule has 23 heavy (non-hydrogen) atoms. The third-order valence-electron chi connectivity index (χ3n) is 4.28. The average Bonchev–Trinajstić information content (AvgIpc) is 2.55. The van der Waals surface area contributed by atoms with Gasteiger partial charge in [0, 0.05) is 24.5 Å².